The molecule has 0 aliphatic rings. The molecule has 32 heavy (non-hydrogen) atoms. The minimum atomic E-state index is -0.280. The summed E-state index contributed by atoms with van der Waals surface area (Å²) in [5, 5.41) is 14.5. The summed E-state index contributed by atoms with van der Waals surface area (Å²) in [4.78, 5) is 0. The highest BCUT2D eigenvalue weighted by Crippen LogP contribution is 2.30. The first kappa shape index (κ1) is 24.2. The Morgan fingerprint density at radius 2 is 1.31 bits per heavy atom. The standard InChI is InChI=1S/C29H37NO2/c1-23(18-20-27(31)21-19-24-12-6-3-7-13-24)29(26-16-10-5-11-17-26)30-28(22-32-2)25-14-8-4-9-15-25/h3-17,23,27-31H,18-22H2,1-2H3/t23-,27-,28+,29-/m1/s1. The second-order valence-electron chi connectivity index (χ2n) is 8.71. The third kappa shape index (κ3) is 7.59. The van der Waals surface area contributed by atoms with Crippen molar-refractivity contribution in [2.45, 2.75) is 50.8 Å². The van der Waals surface area contributed by atoms with Gasteiger partial charge in [0.15, 0.2) is 0 Å². The van der Waals surface area contributed by atoms with Crippen molar-refractivity contribution in [3.05, 3.63) is 108 Å². The molecule has 0 radical (unpaired) electrons. The van der Waals surface area contributed by atoms with E-state index in [1.165, 1.54) is 16.7 Å². The maximum atomic E-state index is 10.6. The van der Waals surface area contributed by atoms with Gasteiger partial charge in [-0.1, -0.05) is 97.9 Å². The molecular weight excluding hydrogens is 394 g/mol. The fraction of sp³-hybridized carbons (Fsp3) is 0.379. The third-order valence-electron chi connectivity index (χ3n) is 6.21. The molecule has 0 unspecified atom stereocenters. The Balaban J connectivity index is 1.64. The summed E-state index contributed by atoms with van der Waals surface area (Å²) in [5.74, 6) is 0.367. The number of aryl methyl sites for hydroxylation is 1. The van der Waals surface area contributed by atoms with Crippen molar-refractivity contribution in [1.29, 1.82) is 0 Å². The van der Waals surface area contributed by atoms with E-state index in [1.54, 1.807) is 7.11 Å². The van der Waals surface area contributed by atoms with Gasteiger partial charge in [-0.2, -0.15) is 0 Å². The van der Waals surface area contributed by atoms with Crippen LogP contribution in [-0.2, 0) is 11.2 Å². The van der Waals surface area contributed by atoms with E-state index in [1.807, 2.05) is 12.1 Å². The molecule has 0 saturated heterocycles. The summed E-state index contributed by atoms with van der Waals surface area (Å²) in [6, 6.07) is 31.8. The first-order valence-electron chi connectivity index (χ1n) is 11.7. The van der Waals surface area contributed by atoms with Crippen LogP contribution in [0.1, 0.15) is 55.0 Å². The van der Waals surface area contributed by atoms with Crippen LogP contribution in [0, 0.1) is 5.92 Å². The van der Waals surface area contributed by atoms with Crippen LogP contribution in [0.2, 0.25) is 0 Å². The zero-order valence-electron chi connectivity index (χ0n) is 19.4. The van der Waals surface area contributed by atoms with Gasteiger partial charge in [0.2, 0.25) is 0 Å². The Morgan fingerprint density at radius 3 is 1.91 bits per heavy atom. The zero-order chi connectivity index (χ0) is 22.6. The van der Waals surface area contributed by atoms with Gasteiger partial charge in [0, 0.05) is 13.2 Å². The van der Waals surface area contributed by atoms with Crippen LogP contribution in [0.15, 0.2) is 91.0 Å². The normalized spacial score (nSPS) is 15.1. The van der Waals surface area contributed by atoms with Gasteiger partial charge < -0.3 is 15.2 Å². The van der Waals surface area contributed by atoms with Crippen LogP contribution in [0.4, 0.5) is 0 Å². The predicted molar refractivity (Wildman–Crippen MR) is 133 cm³/mol. The Bertz CT molecular complexity index is 869. The van der Waals surface area contributed by atoms with Crippen molar-refractivity contribution in [2.24, 2.45) is 5.92 Å². The van der Waals surface area contributed by atoms with Gasteiger partial charge >= 0.3 is 0 Å². The van der Waals surface area contributed by atoms with Crippen LogP contribution in [-0.4, -0.2) is 24.9 Å². The molecule has 0 saturated carbocycles. The third-order valence-corrected chi connectivity index (χ3v) is 6.21. The van der Waals surface area contributed by atoms with Crippen molar-refractivity contribution in [2.75, 3.05) is 13.7 Å². The lowest BCUT2D eigenvalue weighted by molar-refractivity contribution is 0.134. The van der Waals surface area contributed by atoms with Gasteiger partial charge in [0.25, 0.3) is 0 Å². The fourth-order valence-electron chi connectivity index (χ4n) is 4.30. The monoisotopic (exact) mass is 431 g/mol. The first-order chi connectivity index (χ1) is 15.7. The summed E-state index contributed by atoms with van der Waals surface area (Å²) < 4.78 is 5.54. The fourth-order valence-corrected chi connectivity index (χ4v) is 4.30. The van der Waals surface area contributed by atoms with Gasteiger partial charge in [0.1, 0.15) is 0 Å². The maximum absolute atomic E-state index is 10.6. The molecule has 0 fully saturated rings. The van der Waals surface area contributed by atoms with Crippen LogP contribution in [0.25, 0.3) is 0 Å². The van der Waals surface area contributed by atoms with Gasteiger partial charge in [-0.15, -0.1) is 0 Å². The average Bonchev–Trinajstić information content (AvgIpc) is 2.85. The van der Waals surface area contributed by atoms with E-state index in [9.17, 15) is 5.11 Å². The molecule has 3 nitrogen and oxygen atoms in total. The Labute approximate surface area is 193 Å². The van der Waals surface area contributed by atoms with Crippen molar-refractivity contribution in [3.8, 4) is 0 Å². The summed E-state index contributed by atoms with van der Waals surface area (Å²) >= 11 is 0. The van der Waals surface area contributed by atoms with Crippen molar-refractivity contribution in [1.82, 2.24) is 5.32 Å². The van der Waals surface area contributed by atoms with E-state index in [4.69, 9.17) is 4.74 Å². The lowest BCUT2D eigenvalue weighted by Gasteiger charge is -2.31. The molecule has 4 atom stereocenters. The summed E-state index contributed by atoms with van der Waals surface area (Å²) in [6.45, 7) is 2.89. The average molecular weight is 432 g/mol. The smallest absolute Gasteiger partial charge is 0.0657 e. The van der Waals surface area contributed by atoms with E-state index in [0.29, 0.717) is 12.5 Å². The van der Waals surface area contributed by atoms with Crippen molar-refractivity contribution < 1.29 is 9.84 Å². The highest BCUT2D eigenvalue weighted by Gasteiger charge is 2.24. The molecular formula is C29H37NO2. The summed E-state index contributed by atoms with van der Waals surface area (Å²) in [5.41, 5.74) is 3.79. The van der Waals surface area contributed by atoms with E-state index in [-0.39, 0.29) is 18.2 Å². The molecule has 0 heterocycles. The number of methoxy groups -OCH3 is 1. The number of aliphatic hydroxyl groups is 1. The molecule has 2 N–H and O–H groups in total. The molecule has 0 amide bonds. The molecule has 3 aromatic carbocycles. The Hall–Kier alpha value is -2.46. The largest absolute Gasteiger partial charge is 0.393 e. The molecule has 0 spiro atoms. The quantitative estimate of drug-likeness (QED) is 0.343. The molecule has 0 aromatic heterocycles. The minimum absolute atomic E-state index is 0.108. The number of aliphatic hydroxyl groups excluding tert-OH is 1. The molecule has 170 valence electrons. The van der Waals surface area contributed by atoms with Crippen LogP contribution >= 0.6 is 0 Å². The summed E-state index contributed by atoms with van der Waals surface area (Å²) in [6.07, 6.45) is 3.20. The van der Waals surface area contributed by atoms with Crippen LogP contribution in [0.3, 0.4) is 0 Å². The number of ether oxygens (including phenoxy) is 1. The number of hydrogen-bond donors (Lipinski definition) is 2. The molecule has 3 aromatic rings. The molecule has 0 bridgehead atoms. The lowest BCUT2D eigenvalue weighted by Crippen LogP contribution is -2.33. The van der Waals surface area contributed by atoms with Crippen LogP contribution < -0.4 is 5.32 Å². The summed E-state index contributed by atoms with van der Waals surface area (Å²) in [7, 11) is 1.75. The van der Waals surface area contributed by atoms with E-state index in [0.717, 1.165) is 25.7 Å². The predicted octanol–water partition coefficient (Wildman–Crippen LogP) is 6.12. The van der Waals surface area contributed by atoms with Gasteiger partial charge in [-0.05, 0) is 48.3 Å². The van der Waals surface area contributed by atoms with Crippen molar-refractivity contribution >= 4 is 0 Å². The molecule has 0 aliphatic heterocycles. The first-order valence-corrected chi connectivity index (χ1v) is 11.7. The van der Waals surface area contributed by atoms with Gasteiger partial charge in [-0.25, -0.2) is 0 Å². The SMILES string of the molecule is COC[C@H](N[C@@H](c1ccccc1)[C@H](C)CC[C@@H](O)CCc1ccccc1)c1ccccc1. The topological polar surface area (TPSA) is 41.5 Å². The number of benzene rings is 3. The number of rotatable bonds is 13. The highest BCUT2D eigenvalue weighted by molar-refractivity contribution is 5.23. The van der Waals surface area contributed by atoms with Crippen LogP contribution in [0.5, 0.6) is 0 Å². The second kappa shape index (κ2) is 13.2. The van der Waals surface area contributed by atoms with Gasteiger partial charge in [-0.3, -0.25) is 0 Å². The minimum Gasteiger partial charge on any atom is -0.393 e. The van der Waals surface area contributed by atoms with Gasteiger partial charge in [0.05, 0.1) is 18.8 Å². The second-order valence-corrected chi connectivity index (χ2v) is 8.71. The highest BCUT2D eigenvalue weighted by atomic mass is 16.5. The number of nitrogens with one attached hydrogen (secondary N) is 1. The molecule has 0 aliphatic carbocycles. The van der Waals surface area contributed by atoms with E-state index in [2.05, 4.69) is 91.1 Å². The number of hydrogen-bond acceptors (Lipinski definition) is 3. The molecule has 3 heteroatoms. The zero-order valence-corrected chi connectivity index (χ0v) is 19.4. The molecule has 3 rings (SSSR count). The maximum Gasteiger partial charge on any atom is 0.0657 e. The Kier molecular flexibility index (Phi) is 9.96. The lowest BCUT2D eigenvalue weighted by atomic mass is 9.88. The van der Waals surface area contributed by atoms with E-state index >= 15 is 0 Å². The Morgan fingerprint density at radius 1 is 0.750 bits per heavy atom. The van der Waals surface area contributed by atoms with Crippen molar-refractivity contribution in [3.63, 3.8) is 0 Å². The van der Waals surface area contributed by atoms with E-state index < -0.39 is 0 Å².